The van der Waals surface area contributed by atoms with Gasteiger partial charge < -0.3 is 5.11 Å². The fraction of sp³-hybridized carbons (Fsp3) is 0.867. The maximum atomic E-state index is 8.62. The molecule has 0 aromatic rings. The van der Waals surface area contributed by atoms with Crippen molar-refractivity contribution in [3.63, 3.8) is 0 Å². The summed E-state index contributed by atoms with van der Waals surface area (Å²) in [5.41, 5.74) is 0. The summed E-state index contributed by atoms with van der Waals surface area (Å²) >= 11 is 0. The quantitative estimate of drug-likeness (QED) is 0.452. The summed E-state index contributed by atoms with van der Waals surface area (Å²) < 4.78 is 0. The van der Waals surface area contributed by atoms with E-state index in [9.17, 15) is 0 Å². The molecule has 0 heterocycles. The maximum absolute atomic E-state index is 8.62. The minimum Gasteiger partial charge on any atom is -0.396 e. The van der Waals surface area contributed by atoms with Crippen molar-refractivity contribution >= 4 is 0 Å². The molecular formula is C15H29O. The lowest BCUT2D eigenvalue weighted by Crippen LogP contribution is -1.84. The summed E-state index contributed by atoms with van der Waals surface area (Å²) in [6.45, 7) is 5.68. The van der Waals surface area contributed by atoms with Gasteiger partial charge in [0.15, 0.2) is 0 Å². The van der Waals surface area contributed by atoms with Crippen molar-refractivity contribution in [2.75, 3.05) is 6.61 Å². The molecule has 0 saturated carbocycles. The minimum absolute atomic E-state index is 0.361. The molecular weight excluding hydrogens is 196 g/mol. The van der Waals surface area contributed by atoms with Crippen LogP contribution in [0.25, 0.3) is 0 Å². The Kier molecular flexibility index (Phi) is 14.4. The molecule has 1 N–H and O–H groups in total. The van der Waals surface area contributed by atoms with E-state index >= 15 is 0 Å². The molecule has 0 aromatic carbocycles. The Hall–Kier alpha value is -0.300. The summed E-state index contributed by atoms with van der Waals surface area (Å²) in [5.74, 6) is 0. The van der Waals surface area contributed by atoms with E-state index in [4.69, 9.17) is 11.7 Å². The van der Waals surface area contributed by atoms with Gasteiger partial charge in [0, 0.05) is 6.61 Å². The van der Waals surface area contributed by atoms with Crippen LogP contribution in [0, 0.1) is 6.58 Å². The van der Waals surface area contributed by atoms with Gasteiger partial charge in [0.25, 0.3) is 0 Å². The Morgan fingerprint density at radius 2 is 1.00 bits per heavy atom. The lowest BCUT2D eigenvalue weighted by atomic mass is 10.1. The lowest BCUT2D eigenvalue weighted by molar-refractivity contribution is 0.282. The van der Waals surface area contributed by atoms with E-state index in [2.05, 4.69) is 0 Å². The summed E-state index contributed by atoms with van der Waals surface area (Å²) in [5, 5.41) is 8.62. The lowest BCUT2D eigenvalue weighted by Gasteiger charge is -2.01. The van der Waals surface area contributed by atoms with Gasteiger partial charge in [0.1, 0.15) is 0 Å². The first-order valence-electron chi connectivity index (χ1n) is 7.06. The molecule has 0 bridgehead atoms. The molecule has 1 heteroatoms. The Morgan fingerprint density at radius 3 is 1.38 bits per heavy atom. The third-order valence-corrected chi connectivity index (χ3v) is 3.03. The largest absolute Gasteiger partial charge is 0.396 e. The molecule has 0 aliphatic carbocycles. The average molecular weight is 225 g/mol. The smallest absolute Gasteiger partial charge is 0.0431 e. The van der Waals surface area contributed by atoms with Crippen LogP contribution in [-0.4, -0.2) is 11.7 Å². The van der Waals surface area contributed by atoms with Gasteiger partial charge in [-0.25, -0.2) is 0 Å². The van der Waals surface area contributed by atoms with E-state index < -0.39 is 0 Å². The van der Waals surface area contributed by atoms with E-state index in [1.807, 2.05) is 0 Å². The van der Waals surface area contributed by atoms with Gasteiger partial charge in [-0.3, -0.25) is 0 Å². The van der Waals surface area contributed by atoms with Crippen molar-refractivity contribution in [1.29, 1.82) is 0 Å². The van der Waals surface area contributed by atoms with Gasteiger partial charge in [-0.05, 0) is 19.3 Å². The normalized spacial score (nSPS) is 10.6. The van der Waals surface area contributed by atoms with Crippen LogP contribution >= 0.6 is 0 Å². The summed E-state index contributed by atoms with van der Waals surface area (Å²) in [6, 6.07) is 0. The maximum Gasteiger partial charge on any atom is 0.0431 e. The van der Waals surface area contributed by atoms with E-state index in [0.717, 1.165) is 12.8 Å². The predicted molar refractivity (Wildman–Crippen MR) is 71.4 cm³/mol. The molecule has 0 atom stereocenters. The Bertz CT molecular complexity index is 131. The first-order chi connectivity index (χ1) is 7.91. The molecule has 1 nitrogen and oxygen atoms in total. The number of rotatable bonds is 13. The summed E-state index contributed by atoms with van der Waals surface area (Å²) in [4.78, 5) is 0. The van der Waals surface area contributed by atoms with Gasteiger partial charge in [-0.2, -0.15) is 0 Å². The van der Waals surface area contributed by atoms with Crippen LogP contribution in [0.5, 0.6) is 0 Å². The number of aliphatic hydroxyl groups is 1. The molecule has 0 spiro atoms. The molecule has 0 rings (SSSR count). The van der Waals surface area contributed by atoms with Gasteiger partial charge in [-0.15, -0.1) is 0 Å². The van der Waals surface area contributed by atoms with Crippen LogP contribution in [0.2, 0.25) is 0 Å². The highest BCUT2D eigenvalue weighted by Crippen LogP contribution is 2.11. The third kappa shape index (κ3) is 13.7. The zero-order chi connectivity index (χ0) is 11.9. The number of allylic oxidation sites excluding steroid dienone is 1. The number of hydrogen-bond donors (Lipinski definition) is 1. The van der Waals surface area contributed by atoms with Crippen LogP contribution in [0.15, 0.2) is 6.08 Å². The highest BCUT2D eigenvalue weighted by molar-refractivity contribution is 4.61. The molecule has 0 amide bonds. The molecule has 1 radical (unpaired) electrons. The number of aliphatic hydroxyl groups excluding tert-OH is 1. The van der Waals surface area contributed by atoms with Crippen LogP contribution in [0.3, 0.4) is 0 Å². The first kappa shape index (κ1) is 15.7. The number of hydrogen-bond acceptors (Lipinski definition) is 1. The first-order valence-corrected chi connectivity index (χ1v) is 7.06. The second-order valence-corrected chi connectivity index (χ2v) is 4.64. The number of unbranched alkanes of at least 4 members (excludes halogenated alkanes) is 11. The molecule has 0 saturated heterocycles. The second-order valence-electron chi connectivity index (χ2n) is 4.64. The minimum atomic E-state index is 0.361. The van der Waals surface area contributed by atoms with Crippen LogP contribution < -0.4 is 0 Å². The highest BCUT2D eigenvalue weighted by Gasteiger charge is 1.92. The Labute approximate surface area is 102 Å². The van der Waals surface area contributed by atoms with Crippen molar-refractivity contribution in [2.45, 2.75) is 77.0 Å². The zero-order valence-corrected chi connectivity index (χ0v) is 10.8. The molecule has 95 valence electrons. The Balaban J connectivity index is 2.85. The van der Waals surface area contributed by atoms with Gasteiger partial charge in [0.2, 0.25) is 0 Å². The molecule has 0 fully saturated rings. The molecule has 0 aliphatic heterocycles. The second kappa shape index (κ2) is 14.7. The molecule has 16 heavy (non-hydrogen) atoms. The van der Waals surface area contributed by atoms with Gasteiger partial charge in [-0.1, -0.05) is 70.4 Å². The van der Waals surface area contributed by atoms with E-state index in [-0.39, 0.29) is 0 Å². The van der Waals surface area contributed by atoms with Crippen LogP contribution in [-0.2, 0) is 0 Å². The van der Waals surface area contributed by atoms with Crippen molar-refractivity contribution in [3.05, 3.63) is 12.7 Å². The summed E-state index contributed by atoms with van der Waals surface area (Å²) in [6.07, 6.45) is 17.2. The zero-order valence-electron chi connectivity index (χ0n) is 10.8. The fourth-order valence-electron chi connectivity index (χ4n) is 1.96. The van der Waals surface area contributed by atoms with Crippen LogP contribution in [0.1, 0.15) is 77.0 Å². The third-order valence-electron chi connectivity index (χ3n) is 3.03. The molecule has 0 unspecified atom stereocenters. The van der Waals surface area contributed by atoms with Crippen LogP contribution in [0.4, 0.5) is 0 Å². The summed E-state index contributed by atoms with van der Waals surface area (Å²) in [7, 11) is 0. The van der Waals surface area contributed by atoms with E-state index in [1.54, 1.807) is 6.08 Å². The topological polar surface area (TPSA) is 20.2 Å². The van der Waals surface area contributed by atoms with Crippen molar-refractivity contribution in [2.24, 2.45) is 0 Å². The Morgan fingerprint density at radius 1 is 0.625 bits per heavy atom. The van der Waals surface area contributed by atoms with Crippen molar-refractivity contribution in [1.82, 2.24) is 0 Å². The van der Waals surface area contributed by atoms with E-state index in [1.165, 1.54) is 64.2 Å². The van der Waals surface area contributed by atoms with Crippen molar-refractivity contribution in [3.8, 4) is 0 Å². The highest BCUT2D eigenvalue weighted by atomic mass is 16.2. The molecule has 0 aliphatic rings. The van der Waals surface area contributed by atoms with Crippen molar-refractivity contribution < 1.29 is 5.11 Å². The van der Waals surface area contributed by atoms with Gasteiger partial charge in [0.05, 0.1) is 0 Å². The van der Waals surface area contributed by atoms with E-state index in [0.29, 0.717) is 6.61 Å². The standard InChI is InChI=1S/C15H29O/c1-2-3-4-5-6-7-8-9-10-11-12-13-14-15-16/h1-2,16H,3-15H2. The predicted octanol–water partition coefficient (Wildman–Crippen LogP) is 4.65. The SMILES string of the molecule is [CH]=CCCCCCCCCCCCCCO. The van der Waals surface area contributed by atoms with Gasteiger partial charge >= 0.3 is 0 Å². The fourth-order valence-corrected chi connectivity index (χ4v) is 1.96. The average Bonchev–Trinajstić information content (AvgIpc) is 2.31. The molecule has 0 aromatic heterocycles. The monoisotopic (exact) mass is 225 g/mol.